The van der Waals surface area contributed by atoms with Gasteiger partial charge in [-0.2, -0.15) is 0 Å². The lowest BCUT2D eigenvalue weighted by molar-refractivity contribution is -0.161. The van der Waals surface area contributed by atoms with Gasteiger partial charge in [-0.25, -0.2) is 0 Å². The van der Waals surface area contributed by atoms with Gasteiger partial charge in [0.05, 0.1) is 6.61 Å². The number of esters is 2. The molecule has 1 unspecified atom stereocenters. The van der Waals surface area contributed by atoms with Crippen LogP contribution < -0.4 is 0 Å². The summed E-state index contributed by atoms with van der Waals surface area (Å²) in [6.07, 6.45) is 75.2. The molecule has 0 saturated heterocycles. The third-order valence-electron chi connectivity index (χ3n) is 13.1. The lowest BCUT2D eigenvalue weighted by atomic mass is 10.0. The Hall–Kier alpha value is -2.14. The normalized spacial score (nSPS) is 12.5. The summed E-state index contributed by atoms with van der Waals surface area (Å²) in [5, 5.41) is 9.66. The van der Waals surface area contributed by atoms with Gasteiger partial charge >= 0.3 is 11.9 Å². The minimum atomic E-state index is -0.772. The van der Waals surface area contributed by atoms with E-state index in [-0.39, 0.29) is 25.2 Å². The smallest absolute Gasteiger partial charge is 0.306 e. The van der Waals surface area contributed by atoms with Crippen LogP contribution in [0.3, 0.4) is 0 Å². The van der Waals surface area contributed by atoms with E-state index in [2.05, 4.69) is 62.5 Å². The number of carbonyl (C=O) groups is 2. The maximum absolute atomic E-state index is 12.3. The number of carbonyl (C=O) groups excluding carboxylic acids is 2. The zero-order valence-electron chi connectivity index (χ0n) is 44.2. The van der Waals surface area contributed by atoms with Gasteiger partial charge in [0.2, 0.25) is 0 Å². The van der Waals surface area contributed by atoms with Crippen molar-refractivity contribution in [3.63, 3.8) is 0 Å². The molecule has 0 aromatic rings. The Morgan fingerprint density at radius 2 is 0.652 bits per heavy atom. The lowest BCUT2D eigenvalue weighted by Crippen LogP contribution is -2.28. The van der Waals surface area contributed by atoms with E-state index in [0.717, 1.165) is 57.8 Å². The zero-order valence-corrected chi connectivity index (χ0v) is 44.2. The Balaban J connectivity index is 3.44. The average Bonchev–Trinajstić information content (AvgIpc) is 3.32. The molecule has 0 rings (SSSR count). The van der Waals surface area contributed by atoms with Crippen LogP contribution in [0.25, 0.3) is 0 Å². The summed E-state index contributed by atoms with van der Waals surface area (Å²) in [5.41, 5.74) is 0. The number of allylic oxidation sites excluding steroid dienone is 8. The predicted octanol–water partition coefficient (Wildman–Crippen LogP) is 19.6. The van der Waals surface area contributed by atoms with Crippen molar-refractivity contribution in [1.82, 2.24) is 0 Å². The SMILES string of the molecule is CC/C=C\C/C=C\C/C=C\C/C=C\CCCCCCCCCCCCCCC(=O)OC(CO)COC(=O)CCCCCCCCCCCCCCCCCCCCCCCCCCCCC. The molecule has 0 amide bonds. The van der Waals surface area contributed by atoms with E-state index in [1.807, 2.05) is 0 Å². The summed E-state index contributed by atoms with van der Waals surface area (Å²) >= 11 is 0. The third-order valence-corrected chi connectivity index (χ3v) is 13.1. The molecule has 0 aliphatic carbocycles. The molecule has 0 aromatic carbocycles. The second-order valence-electron chi connectivity index (χ2n) is 19.7. The second-order valence-corrected chi connectivity index (χ2v) is 19.7. The topological polar surface area (TPSA) is 72.8 Å². The van der Waals surface area contributed by atoms with Crippen LogP contribution in [0.4, 0.5) is 0 Å². The van der Waals surface area contributed by atoms with Crippen molar-refractivity contribution >= 4 is 11.9 Å². The number of rotatable bonds is 54. The highest BCUT2D eigenvalue weighted by Crippen LogP contribution is 2.18. The number of hydrogen-bond donors (Lipinski definition) is 1. The van der Waals surface area contributed by atoms with Crippen molar-refractivity contribution in [2.75, 3.05) is 13.2 Å². The molecule has 0 aliphatic heterocycles. The van der Waals surface area contributed by atoms with Crippen molar-refractivity contribution in [3.05, 3.63) is 48.6 Å². The van der Waals surface area contributed by atoms with Crippen LogP contribution in [0.2, 0.25) is 0 Å². The molecule has 1 N–H and O–H groups in total. The molecule has 386 valence electrons. The second kappa shape index (κ2) is 57.2. The summed E-state index contributed by atoms with van der Waals surface area (Å²) in [6, 6.07) is 0. The number of ether oxygens (including phenoxy) is 2. The number of aliphatic hydroxyl groups excluding tert-OH is 1. The molecular weight excluding hydrogens is 813 g/mol. The molecule has 0 bridgehead atoms. The molecule has 0 aliphatic rings. The first-order valence-electron chi connectivity index (χ1n) is 29.2. The minimum absolute atomic E-state index is 0.0629. The van der Waals surface area contributed by atoms with Gasteiger partial charge in [0, 0.05) is 12.8 Å². The van der Waals surface area contributed by atoms with Gasteiger partial charge in [0.1, 0.15) is 6.61 Å². The summed E-state index contributed by atoms with van der Waals surface area (Å²) in [5.74, 6) is -0.577. The van der Waals surface area contributed by atoms with E-state index in [4.69, 9.17) is 9.47 Å². The first-order valence-corrected chi connectivity index (χ1v) is 29.2. The van der Waals surface area contributed by atoms with Gasteiger partial charge in [0.25, 0.3) is 0 Å². The Morgan fingerprint density at radius 3 is 0.985 bits per heavy atom. The van der Waals surface area contributed by atoms with Crippen LogP contribution in [-0.2, 0) is 19.1 Å². The molecule has 0 radical (unpaired) electrons. The predicted molar refractivity (Wildman–Crippen MR) is 288 cm³/mol. The Morgan fingerprint density at radius 1 is 0.364 bits per heavy atom. The van der Waals surface area contributed by atoms with Crippen molar-refractivity contribution < 1.29 is 24.2 Å². The fourth-order valence-corrected chi connectivity index (χ4v) is 8.79. The van der Waals surface area contributed by atoms with Gasteiger partial charge < -0.3 is 14.6 Å². The van der Waals surface area contributed by atoms with E-state index in [1.54, 1.807) is 0 Å². The molecule has 0 spiro atoms. The van der Waals surface area contributed by atoms with Crippen LogP contribution in [-0.4, -0.2) is 36.4 Å². The van der Waals surface area contributed by atoms with Crippen LogP contribution in [0.15, 0.2) is 48.6 Å². The molecule has 66 heavy (non-hydrogen) atoms. The monoisotopic (exact) mass is 925 g/mol. The van der Waals surface area contributed by atoms with Gasteiger partial charge in [-0.3, -0.25) is 9.59 Å². The van der Waals surface area contributed by atoms with Crippen molar-refractivity contribution in [2.45, 2.75) is 315 Å². The van der Waals surface area contributed by atoms with Crippen molar-refractivity contribution in [1.29, 1.82) is 0 Å². The van der Waals surface area contributed by atoms with E-state index in [9.17, 15) is 14.7 Å². The Kier molecular flexibility index (Phi) is 55.3. The van der Waals surface area contributed by atoms with Crippen molar-refractivity contribution in [3.8, 4) is 0 Å². The Labute approximate surface area is 411 Å². The van der Waals surface area contributed by atoms with Gasteiger partial charge in [-0.05, 0) is 51.4 Å². The lowest BCUT2D eigenvalue weighted by Gasteiger charge is -2.15. The summed E-state index contributed by atoms with van der Waals surface area (Å²) < 4.78 is 10.7. The fraction of sp³-hybridized carbons (Fsp3) is 0.836. The highest BCUT2D eigenvalue weighted by Gasteiger charge is 2.16. The van der Waals surface area contributed by atoms with E-state index in [0.29, 0.717) is 12.8 Å². The highest BCUT2D eigenvalue weighted by atomic mass is 16.6. The molecule has 1 atom stereocenters. The van der Waals surface area contributed by atoms with Gasteiger partial charge in [0.15, 0.2) is 6.10 Å². The molecule has 5 nitrogen and oxygen atoms in total. The van der Waals surface area contributed by atoms with Gasteiger partial charge in [-0.1, -0.05) is 294 Å². The maximum Gasteiger partial charge on any atom is 0.306 e. The first kappa shape index (κ1) is 63.9. The summed E-state index contributed by atoms with van der Waals surface area (Å²) in [7, 11) is 0. The number of hydrogen-bond acceptors (Lipinski definition) is 5. The number of unbranched alkanes of at least 4 members (excludes halogenated alkanes) is 38. The fourth-order valence-electron chi connectivity index (χ4n) is 8.79. The standard InChI is InChI=1S/C61H112O5/c1-3-5-7-9-11-13-15-17-19-21-23-25-27-29-30-32-33-35-37-39-41-43-45-47-49-51-53-55-60(63)65-58-59(57-62)66-61(64)56-54-52-50-48-46-44-42-40-38-36-34-31-28-26-24-22-20-18-16-14-12-10-8-6-4-2/h6,8,12,14,18,20,24,26,59,62H,3-5,7,9-11,13,15-17,19,21-23,25,27-58H2,1-2H3/b8-6-,14-12-,20-18-,26-24-. The molecule has 5 heteroatoms. The highest BCUT2D eigenvalue weighted by molar-refractivity contribution is 5.70. The van der Waals surface area contributed by atoms with Crippen LogP contribution in [0.5, 0.6) is 0 Å². The molecule has 0 saturated carbocycles. The largest absolute Gasteiger partial charge is 0.462 e. The molecule has 0 fully saturated rings. The number of aliphatic hydroxyl groups is 1. The summed E-state index contributed by atoms with van der Waals surface area (Å²) in [6.45, 7) is 4.07. The average molecular weight is 926 g/mol. The third kappa shape index (κ3) is 54.5. The van der Waals surface area contributed by atoms with E-state index >= 15 is 0 Å². The molecular formula is C61H112O5. The van der Waals surface area contributed by atoms with Crippen molar-refractivity contribution in [2.24, 2.45) is 0 Å². The molecule has 0 aromatic heterocycles. The zero-order chi connectivity index (χ0) is 47.7. The quantitative estimate of drug-likeness (QED) is 0.0374. The van der Waals surface area contributed by atoms with E-state index in [1.165, 1.54) is 225 Å². The first-order chi connectivity index (χ1) is 32.6. The Bertz CT molecular complexity index is 1090. The van der Waals surface area contributed by atoms with Gasteiger partial charge in [-0.15, -0.1) is 0 Å². The van der Waals surface area contributed by atoms with Crippen LogP contribution in [0.1, 0.15) is 309 Å². The molecule has 0 heterocycles. The summed E-state index contributed by atoms with van der Waals surface area (Å²) in [4.78, 5) is 24.5. The van der Waals surface area contributed by atoms with Crippen LogP contribution in [0, 0.1) is 0 Å². The maximum atomic E-state index is 12.3. The van der Waals surface area contributed by atoms with Crippen LogP contribution >= 0.6 is 0 Å². The minimum Gasteiger partial charge on any atom is -0.462 e. The van der Waals surface area contributed by atoms with E-state index < -0.39 is 6.10 Å².